The van der Waals surface area contributed by atoms with Crippen molar-refractivity contribution >= 4 is 11.5 Å². The summed E-state index contributed by atoms with van der Waals surface area (Å²) in [5, 5.41) is 0. The number of pyridine rings is 1. The molecule has 0 unspecified atom stereocenters. The third-order valence-electron chi connectivity index (χ3n) is 7.37. The fraction of sp³-hybridized carbons (Fsp3) is 0.538. The van der Waals surface area contributed by atoms with Crippen molar-refractivity contribution in [1.82, 2.24) is 9.88 Å². The van der Waals surface area contributed by atoms with Crippen LogP contribution in [0.1, 0.15) is 48.9 Å². The molecule has 0 N–H and O–H groups in total. The van der Waals surface area contributed by atoms with Crippen LogP contribution in [0.4, 0.5) is 5.69 Å². The van der Waals surface area contributed by atoms with E-state index in [4.69, 9.17) is 9.47 Å². The first kappa shape index (κ1) is 21.3. The zero-order valence-corrected chi connectivity index (χ0v) is 18.7. The Balaban J connectivity index is 1.02. The van der Waals surface area contributed by atoms with Crippen molar-refractivity contribution in [2.45, 2.75) is 38.5 Å². The van der Waals surface area contributed by atoms with E-state index in [1.165, 1.54) is 44.3 Å². The van der Waals surface area contributed by atoms with E-state index in [0.717, 1.165) is 49.2 Å². The molecule has 32 heavy (non-hydrogen) atoms. The molecule has 170 valence electrons. The zero-order chi connectivity index (χ0) is 21.8. The maximum absolute atomic E-state index is 12.5. The third kappa shape index (κ3) is 4.90. The molecule has 1 saturated carbocycles. The summed E-state index contributed by atoms with van der Waals surface area (Å²) in [6, 6.07) is 9.90. The Labute approximate surface area is 190 Å². The summed E-state index contributed by atoms with van der Waals surface area (Å²) in [6.07, 6.45) is 10.3. The molecule has 2 fully saturated rings. The van der Waals surface area contributed by atoms with Crippen LogP contribution in [0, 0.1) is 11.8 Å². The van der Waals surface area contributed by atoms with Gasteiger partial charge in [0.2, 0.25) is 6.79 Å². The Hall–Kier alpha value is -2.60. The summed E-state index contributed by atoms with van der Waals surface area (Å²) >= 11 is 0. The van der Waals surface area contributed by atoms with Crippen molar-refractivity contribution < 1.29 is 14.3 Å². The summed E-state index contributed by atoms with van der Waals surface area (Å²) in [5.41, 5.74) is 1.92. The monoisotopic (exact) mass is 435 g/mol. The quantitative estimate of drug-likeness (QED) is 0.601. The van der Waals surface area contributed by atoms with E-state index in [1.807, 2.05) is 18.2 Å². The SMILES string of the molecule is O=C(CC1CCC(CCN2CCN(c3cccc4c3OCO4)CC2)CC1)c1cccnc1. The van der Waals surface area contributed by atoms with E-state index in [0.29, 0.717) is 19.1 Å². The van der Waals surface area contributed by atoms with Crippen LogP contribution in [0.25, 0.3) is 0 Å². The maximum atomic E-state index is 12.5. The Bertz CT molecular complexity index is 904. The average molecular weight is 436 g/mol. The number of aromatic nitrogens is 1. The van der Waals surface area contributed by atoms with Gasteiger partial charge in [-0.3, -0.25) is 14.7 Å². The largest absolute Gasteiger partial charge is 0.454 e. The molecule has 1 saturated heterocycles. The molecule has 0 bridgehead atoms. The number of hydrogen-bond acceptors (Lipinski definition) is 6. The Morgan fingerprint density at radius 3 is 2.56 bits per heavy atom. The topological polar surface area (TPSA) is 54.9 Å². The Morgan fingerprint density at radius 2 is 1.78 bits per heavy atom. The summed E-state index contributed by atoms with van der Waals surface area (Å²) in [7, 11) is 0. The van der Waals surface area contributed by atoms with Crippen molar-refractivity contribution in [1.29, 1.82) is 0 Å². The summed E-state index contributed by atoms with van der Waals surface area (Å²) in [5.74, 6) is 3.37. The van der Waals surface area contributed by atoms with E-state index in [9.17, 15) is 4.79 Å². The van der Waals surface area contributed by atoms with Gasteiger partial charge in [-0.2, -0.15) is 0 Å². The van der Waals surface area contributed by atoms with Gasteiger partial charge in [0, 0.05) is 50.6 Å². The second kappa shape index (κ2) is 9.90. The fourth-order valence-corrected chi connectivity index (χ4v) is 5.37. The van der Waals surface area contributed by atoms with Gasteiger partial charge in [0.1, 0.15) is 0 Å². The number of fused-ring (bicyclic) bond motifs is 1. The highest BCUT2D eigenvalue weighted by Gasteiger charge is 2.26. The first-order valence-electron chi connectivity index (χ1n) is 12.1. The molecule has 0 radical (unpaired) electrons. The Kier molecular flexibility index (Phi) is 6.58. The predicted octanol–water partition coefficient (Wildman–Crippen LogP) is 4.40. The van der Waals surface area contributed by atoms with Crippen molar-refractivity contribution in [3.8, 4) is 11.5 Å². The lowest BCUT2D eigenvalue weighted by Gasteiger charge is -2.37. The molecule has 3 aliphatic rings. The molecule has 0 spiro atoms. The van der Waals surface area contributed by atoms with E-state index in [2.05, 4.69) is 26.9 Å². The highest BCUT2D eigenvalue weighted by Crippen LogP contribution is 2.41. The number of ether oxygens (including phenoxy) is 2. The molecule has 1 aliphatic carbocycles. The minimum atomic E-state index is 0.250. The molecule has 0 atom stereocenters. The second-order valence-electron chi connectivity index (χ2n) is 9.38. The maximum Gasteiger partial charge on any atom is 0.231 e. The van der Waals surface area contributed by atoms with Crippen molar-refractivity contribution in [2.24, 2.45) is 11.8 Å². The number of rotatable bonds is 7. The first-order chi connectivity index (χ1) is 15.8. The van der Waals surface area contributed by atoms with Crippen LogP contribution in [-0.2, 0) is 0 Å². The molecule has 6 heteroatoms. The number of nitrogens with zero attached hydrogens (tertiary/aromatic N) is 3. The molecule has 6 nitrogen and oxygen atoms in total. The minimum absolute atomic E-state index is 0.250. The van der Waals surface area contributed by atoms with Gasteiger partial charge in [-0.1, -0.05) is 18.9 Å². The van der Waals surface area contributed by atoms with Crippen molar-refractivity contribution in [3.05, 3.63) is 48.3 Å². The zero-order valence-electron chi connectivity index (χ0n) is 18.7. The van der Waals surface area contributed by atoms with Gasteiger partial charge in [0.25, 0.3) is 0 Å². The van der Waals surface area contributed by atoms with Crippen LogP contribution in [-0.4, -0.2) is 55.2 Å². The van der Waals surface area contributed by atoms with Gasteiger partial charge in [-0.25, -0.2) is 0 Å². The molecular weight excluding hydrogens is 402 g/mol. The lowest BCUT2D eigenvalue weighted by molar-refractivity contribution is 0.0939. The highest BCUT2D eigenvalue weighted by atomic mass is 16.7. The van der Waals surface area contributed by atoms with Gasteiger partial charge in [0.15, 0.2) is 17.3 Å². The molecule has 1 aromatic carbocycles. The third-order valence-corrected chi connectivity index (χ3v) is 7.37. The number of carbonyl (C=O) groups is 1. The van der Waals surface area contributed by atoms with Gasteiger partial charge in [-0.05, 0) is 61.9 Å². The predicted molar refractivity (Wildman–Crippen MR) is 124 cm³/mol. The molecule has 5 rings (SSSR count). The second-order valence-corrected chi connectivity index (χ2v) is 9.38. The van der Waals surface area contributed by atoms with Crippen LogP contribution >= 0.6 is 0 Å². The number of anilines is 1. The smallest absolute Gasteiger partial charge is 0.231 e. The van der Waals surface area contributed by atoms with Gasteiger partial charge in [0.05, 0.1) is 5.69 Å². The molecule has 2 aromatic rings. The number of para-hydroxylation sites is 1. The van der Waals surface area contributed by atoms with E-state index >= 15 is 0 Å². The standard InChI is InChI=1S/C26H33N3O3/c30-24(22-3-2-11-27-18-22)17-21-8-6-20(7-9-21)10-12-28-13-15-29(16-14-28)23-4-1-5-25-26(23)32-19-31-25/h1-5,11,18,20-21H,6-10,12-17,19H2. The van der Waals surface area contributed by atoms with Crippen LogP contribution in [0.3, 0.4) is 0 Å². The first-order valence-corrected chi connectivity index (χ1v) is 12.1. The van der Waals surface area contributed by atoms with E-state index in [-0.39, 0.29) is 5.78 Å². The van der Waals surface area contributed by atoms with Crippen LogP contribution in [0.5, 0.6) is 11.5 Å². The van der Waals surface area contributed by atoms with E-state index < -0.39 is 0 Å². The molecule has 2 aliphatic heterocycles. The lowest BCUT2D eigenvalue weighted by atomic mass is 9.78. The molecule has 0 amide bonds. The normalized spacial score (nSPS) is 23.3. The van der Waals surface area contributed by atoms with Crippen molar-refractivity contribution in [3.63, 3.8) is 0 Å². The van der Waals surface area contributed by atoms with Crippen molar-refractivity contribution in [2.75, 3.05) is 44.4 Å². The summed E-state index contributed by atoms with van der Waals surface area (Å²) in [6.45, 7) is 5.77. The average Bonchev–Trinajstić information content (AvgIpc) is 3.34. The fourth-order valence-electron chi connectivity index (χ4n) is 5.37. The number of ketones is 1. The van der Waals surface area contributed by atoms with Gasteiger partial charge in [-0.15, -0.1) is 0 Å². The lowest BCUT2D eigenvalue weighted by Crippen LogP contribution is -2.47. The number of piperazine rings is 1. The number of Topliss-reactive ketones (excluding diaryl/α,β-unsaturated/α-hetero) is 1. The van der Waals surface area contributed by atoms with Gasteiger partial charge < -0.3 is 14.4 Å². The molecular formula is C26H33N3O3. The number of carbonyl (C=O) groups excluding carboxylic acids is 1. The summed E-state index contributed by atoms with van der Waals surface area (Å²) in [4.78, 5) is 21.6. The van der Waals surface area contributed by atoms with Gasteiger partial charge >= 0.3 is 0 Å². The van der Waals surface area contributed by atoms with Crippen LogP contribution in [0.15, 0.2) is 42.7 Å². The number of hydrogen-bond donors (Lipinski definition) is 0. The van der Waals surface area contributed by atoms with E-state index in [1.54, 1.807) is 12.4 Å². The molecule has 1 aromatic heterocycles. The Morgan fingerprint density at radius 1 is 0.969 bits per heavy atom. The summed E-state index contributed by atoms with van der Waals surface area (Å²) < 4.78 is 11.2. The van der Waals surface area contributed by atoms with Crippen LogP contribution < -0.4 is 14.4 Å². The minimum Gasteiger partial charge on any atom is -0.454 e. The number of benzene rings is 1. The molecule has 3 heterocycles. The van der Waals surface area contributed by atoms with Crippen LogP contribution in [0.2, 0.25) is 0 Å². The highest BCUT2D eigenvalue weighted by molar-refractivity contribution is 5.95.